The van der Waals surface area contributed by atoms with E-state index in [4.69, 9.17) is 9.84 Å². The zero-order valence-electron chi connectivity index (χ0n) is 18.4. The predicted octanol–water partition coefficient (Wildman–Crippen LogP) is 3.73. The van der Waals surface area contributed by atoms with Crippen LogP contribution in [0, 0.1) is 5.92 Å². The number of benzene rings is 2. The smallest absolute Gasteiger partial charge is 0.321 e. The highest BCUT2D eigenvalue weighted by Crippen LogP contribution is 2.44. The monoisotopic (exact) mass is 455 g/mol. The van der Waals surface area contributed by atoms with Crippen molar-refractivity contribution >= 4 is 29.5 Å². The number of carboxylic acid groups (broad SMARTS) is 1. The number of ether oxygens (including phenoxy) is 1. The Hall–Kier alpha value is -2.64. The zero-order valence-corrected chi connectivity index (χ0v) is 19.2. The predicted molar refractivity (Wildman–Crippen MR) is 126 cm³/mol. The number of carbonyl (C=O) groups is 3. The summed E-state index contributed by atoms with van der Waals surface area (Å²) in [6.07, 6.45) is 0.556. The largest absolute Gasteiger partial charge is 0.480 e. The van der Waals surface area contributed by atoms with Crippen LogP contribution in [0.25, 0.3) is 11.1 Å². The lowest BCUT2D eigenvalue weighted by Crippen LogP contribution is -2.36. The highest BCUT2D eigenvalue weighted by atomic mass is 32.2. The van der Waals surface area contributed by atoms with Gasteiger partial charge in [-0.1, -0.05) is 48.5 Å². The molecule has 1 aliphatic carbocycles. The maximum atomic E-state index is 12.5. The van der Waals surface area contributed by atoms with Crippen molar-refractivity contribution in [2.24, 2.45) is 5.92 Å². The SMILES string of the molecule is CNC(CSCC[C@@H](CC(=O)OCC1c2ccccc2-c2ccccc21)C(C)=O)C(=O)O. The van der Waals surface area contributed by atoms with Crippen LogP contribution in [0.4, 0.5) is 0 Å². The highest BCUT2D eigenvalue weighted by molar-refractivity contribution is 7.99. The molecule has 0 bridgehead atoms. The van der Waals surface area contributed by atoms with E-state index in [1.165, 1.54) is 29.8 Å². The van der Waals surface area contributed by atoms with Crippen LogP contribution in [0.15, 0.2) is 48.5 Å². The fourth-order valence-electron chi connectivity index (χ4n) is 4.03. The van der Waals surface area contributed by atoms with Crippen LogP contribution >= 0.6 is 11.8 Å². The van der Waals surface area contributed by atoms with Crippen molar-refractivity contribution in [2.75, 3.05) is 25.2 Å². The minimum Gasteiger partial charge on any atom is -0.480 e. The van der Waals surface area contributed by atoms with Gasteiger partial charge in [-0.15, -0.1) is 0 Å². The number of aliphatic carboxylic acids is 1. The second-order valence-electron chi connectivity index (χ2n) is 7.96. The van der Waals surface area contributed by atoms with Crippen LogP contribution in [0.2, 0.25) is 0 Å². The summed E-state index contributed by atoms with van der Waals surface area (Å²) in [5.41, 5.74) is 4.64. The number of thioether (sulfide) groups is 1. The minimum absolute atomic E-state index is 0.00724. The molecule has 0 saturated heterocycles. The van der Waals surface area contributed by atoms with Gasteiger partial charge in [0.2, 0.25) is 0 Å². The van der Waals surface area contributed by atoms with Gasteiger partial charge in [0.25, 0.3) is 0 Å². The minimum atomic E-state index is -0.901. The molecule has 0 aromatic heterocycles. The fourth-order valence-corrected chi connectivity index (χ4v) is 5.19. The molecule has 1 unspecified atom stereocenters. The summed E-state index contributed by atoms with van der Waals surface area (Å²) in [6, 6.07) is 15.7. The molecule has 0 saturated carbocycles. The number of likely N-dealkylation sites (N-methyl/N-ethyl adjacent to an activating group) is 1. The molecule has 1 aliphatic rings. The number of rotatable bonds is 12. The van der Waals surface area contributed by atoms with E-state index in [0.717, 1.165) is 11.1 Å². The molecule has 0 spiro atoms. The Morgan fingerprint density at radius 2 is 1.66 bits per heavy atom. The Morgan fingerprint density at radius 1 is 1.06 bits per heavy atom. The third kappa shape index (κ3) is 5.78. The van der Waals surface area contributed by atoms with Gasteiger partial charge < -0.3 is 15.2 Å². The molecule has 2 aromatic carbocycles. The Morgan fingerprint density at radius 3 is 2.19 bits per heavy atom. The number of ketones is 1. The average molecular weight is 456 g/mol. The maximum Gasteiger partial charge on any atom is 0.321 e. The molecule has 0 amide bonds. The lowest BCUT2D eigenvalue weighted by Gasteiger charge is -2.17. The van der Waals surface area contributed by atoms with Crippen LogP contribution in [-0.4, -0.2) is 54.0 Å². The number of hydrogen-bond donors (Lipinski definition) is 2. The van der Waals surface area contributed by atoms with Crippen molar-refractivity contribution in [1.29, 1.82) is 0 Å². The van der Waals surface area contributed by atoms with Gasteiger partial charge in [-0.3, -0.25) is 14.4 Å². The first-order chi connectivity index (χ1) is 15.4. The van der Waals surface area contributed by atoms with E-state index in [2.05, 4.69) is 29.6 Å². The van der Waals surface area contributed by atoms with Crippen LogP contribution in [0.5, 0.6) is 0 Å². The summed E-state index contributed by atoms with van der Waals surface area (Å²) in [5, 5.41) is 11.8. The standard InChI is InChI=1S/C25H29NO5S/c1-16(27)17(11-12-32-15-23(26-2)25(29)30)13-24(28)31-14-22-20-9-5-3-7-18(20)19-8-4-6-10-21(19)22/h3-10,17,22-23,26H,11-15H2,1-2H3,(H,29,30)/t17-,23?/m0/s1. The summed E-state index contributed by atoms with van der Waals surface area (Å²) in [6.45, 7) is 1.73. The van der Waals surface area contributed by atoms with Crippen LogP contribution in [0.3, 0.4) is 0 Å². The van der Waals surface area contributed by atoms with Crippen molar-refractivity contribution in [3.8, 4) is 11.1 Å². The summed E-state index contributed by atoms with van der Waals surface area (Å²) >= 11 is 1.46. The van der Waals surface area contributed by atoms with E-state index < -0.39 is 17.9 Å². The van der Waals surface area contributed by atoms with Crippen LogP contribution in [0.1, 0.15) is 36.8 Å². The first kappa shape index (κ1) is 24.0. The van der Waals surface area contributed by atoms with Crippen molar-refractivity contribution in [3.63, 3.8) is 0 Å². The molecule has 6 nitrogen and oxygen atoms in total. The number of carboxylic acids is 1. The Balaban J connectivity index is 1.53. The molecule has 7 heteroatoms. The topological polar surface area (TPSA) is 92.7 Å². The normalized spacial score (nSPS) is 14.3. The Bertz CT molecular complexity index is 931. The lowest BCUT2D eigenvalue weighted by atomic mass is 9.97. The first-order valence-electron chi connectivity index (χ1n) is 10.7. The van der Waals surface area contributed by atoms with Gasteiger partial charge in [-0.25, -0.2) is 0 Å². The van der Waals surface area contributed by atoms with Crippen molar-refractivity contribution in [2.45, 2.75) is 31.7 Å². The summed E-state index contributed by atoms with van der Waals surface area (Å²) in [4.78, 5) is 35.6. The summed E-state index contributed by atoms with van der Waals surface area (Å²) in [5.74, 6) is -0.753. The first-order valence-corrected chi connectivity index (χ1v) is 11.9. The van der Waals surface area contributed by atoms with Gasteiger partial charge >= 0.3 is 11.9 Å². The number of esters is 1. The van der Waals surface area contributed by atoms with Gasteiger partial charge in [0.15, 0.2) is 0 Å². The second kappa shape index (κ2) is 11.3. The van der Waals surface area contributed by atoms with Crippen molar-refractivity contribution in [3.05, 3.63) is 59.7 Å². The maximum absolute atomic E-state index is 12.5. The number of fused-ring (bicyclic) bond motifs is 3. The molecule has 0 radical (unpaired) electrons. The van der Waals surface area contributed by atoms with Crippen molar-refractivity contribution in [1.82, 2.24) is 5.32 Å². The molecule has 0 heterocycles. The molecule has 32 heavy (non-hydrogen) atoms. The van der Waals surface area contributed by atoms with E-state index >= 15 is 0 Å². The van der Waals surface area contributed by atoms with Gasteiger partial charge in [-0.05, 0) is 48.4 Å². The molecule has 3 rings (SSSR count). The number of Topliss-reactive ketones (excluding diaryl/α,β-unsaturated/α-hetero) is 1. The second-order valence-corrected chi connectivity index (χ2v) is 9.11. The Labute approximate surface area is 192 Å². The third-order valence-corrected chi connectivity index (χ3v) is 7.00. The number of carbonyl (C=O) groups excluding carboxylic acids is 2. The van der Waals surface area contributed by atoms with Gasteiger partial charge in [0, 0.05) is 17.6 Å². The third-order valence-electron chi connectivity index (χ3n) is 5.90. The lowest BCUT2D eigenvalue weighted by molar-refractivity contribution is -0.146. The van der Waals surface area contributed by atoms with E-state index in [9.17, 15) is 14.4 Å². The zero-order chi connectivity index (χ0) is 23.1. The Kier molecular flexibility index (Phi) is 8.47. The fraction of sp³-hybridized carbons (Fsp3) is 0.400. The molecule has 2 aromatic rings. The number of hydrogen-bond acceptors (Lipinski definition) is 6. The van der Waals surface area contributed by atoms with Gasteiger partial charge in [0.05, 0.1) is 6.42 Å². The molecule has 170 valence electrons. The summed E-state index contributed by atoms with van der Waals surface area (Å²) in [7, 11) is 1.61. The average Bonchev–Trinajstić information content (AvgIpc) is 3.10. The molecule has 2 N–H and O–H groups in total. The molecular weight excluding hydrogens is 426 g/mol. The van der Waals surface area contributed by atoms with Crippen LogP contribution < -0.4 is 5.32 Å². The van der Waals surface area contributed by atoms with E-state index in [0.29, 0.717) is 17.9 Å². The van der Waals surface area contributed by atoms with Gasteiger partial charge in [-0.2, -0.15) is 11.8 Å². The quantitative estimate of drug-likeness (QED) is 0.372. The highest BCUT2D eigenvalue weighted by Gasteiger charge is 2.29. The van der Waals surface area contributed by atoms with E-state index in [1.54, 1.807) is 7.05 Å². The van der Waals surface area contributed by atoms with Crippen molar-refractivity contribution < 1.29 is 24.2 Å². The molecular formula is C25H29NO5S. The van der Waals surface area contributed by atoms with Crippen LogP contribution in [-0.2, 0) is 19.1 Å². The molecule has 0 aliphatic heterocycles. The molecule has 2 atom stereocenters. The summed E-state index contributed by atoms with van der Waals surface area (Å²) < 4.78 is 5.63. The van der Waals surface area contributed by atoms with E-state index in [1.807, 2.05) is 24.3 Å². The number of nitrogens with one attached hydrogen (secondary N) is 1. The van der Waals surface area contributed by atoms with Gasteiger partial charge in [0.1, 0.15) is 18.4 Å². The van der Waals surface area contributed by atoms with E-state index in [-0.39, 0.29) is 30.7 Å². The molecule has 0 fully saturated rings.